The van der Waals surface area contributed by atoms with E-state index in [2.05, 4.69) is 84.4 Å². The summed E-state index contributed by atoms with van der Waals surface area (Å²) in [5.41, 5.74) is 22.9. The number of halogens is 2. The third-order valence-corrected chi connectivity index (χ3v) is 9.73. The minimum Gasteiger partial charge on any atom is -0.496 e. The molecule has 6 heterocycles. The van der Waals surface area contributed by atoms with Crippen molar-refractivity contribution in [1.82, 2.24) is 44.4 Å². The molecule has 0 aliphatic rings. The third kappa shape index (κ3) is 8.80. The maximum Gasteiger partial charge on any atom is 0.222 e. The van der Waals surface area contributed by atoms with Crippen molar-refractivity contribution in [2.75, 3.05) is 32.2 Å². The highest BCUT2D eigenvalue weighted by Crippen LogP contribution is 2.32. The van der Waals surface area contributed by atoms with Crippen LogP contribution in [-0.4, -0.2) is 65.8 Å². The highest BCUT2D eigenvalue weighted by Gasteiger charge is 2.20. The van der Waals surface area contributed by atoms with Gasteiger partial charge in [-0.05, 0) is 33.6 Å². The first kappa shape index (κ1) is 40.5. The van der Waals surface area contributed by atoms with E-state index < -0.39 is 0 Å². The molecule has 15 heteroatoms. The topological polar surface area (TPSA) is 170 Å². The second-order valence-corrected chi connectivity index (χ2v) is 15.0. The molecule has 5 N–H and O–H groups in total. The van der Waals surface area contributed by atoms with E-state index in [1.807, 2.05) is 40.1 Å². The Kier molecular flexibility index (Phi) is 12.9. The van der Waals surface area contributed by atoms with Crippen LogP contribution < -0.4 is 26.3 Å². The molecule has 54 heavy (non-hydrogen) atoms. The lowest BCUT2D eigenvalue weighted by Crippen LogP contribution is -2.26. The van der Waals surface area contributed by atoms with Crippen LogP contribution in [0.15, 0.2) is 24.8 Å². The second kappa shape index (κ2) is 17.2. The Bertz CT molecular complexity index is 2280. The summed E-state index contributed by atoms with van der Waals surface area (Å²) in [7, 11) is 3.36. The summed E-state index contributed by atoms with van der Waals surface area (Å²) in [4.78, 5) is 26.4. The van der Waals surface area contributed by atoms with Gasteiger partial charge in [0.15, 0.2) is 10.3 Å². The lowest BCUT2D eigenvalue weighted by molar-refractivity contribution is 0.407. The number of aromatic nitrogens is 8. The van der Waals surface area contributed by atoms with Gasteiger partial charge in [-0.2, -0.15) is 9.97 Å². The molecule has 6 aromatic rings. The monoisotopic (exact) mass is 775 g/mol. The van der Waals surface area contributed by atoms with E-state index >= 15 is 0 Å². The summed E-state index contributed by atoms with van der Waals surface area (Å²) in [5.74, 6) is 2.54. The normalized spacial score (nSPS) is 11.5. The van der Waals surface area contributed by atoms with Crippen LogP contribution >= 0.6 is 23.2 Å². The largest absolute Gasteiger partial charge is 0.496 e. The molecule has 0 radical (unpaired) electrons. The number of methoxy groups -OCH3 is 2. The van der Waals surface area contributed by atoms with Crippen LogP contribution in [-0.2, 0) is 25.9 Å². The van der Waals surface area contributed by atoms with Gasteiger partial charge in [-0.15, -0.1) is 0 Å². The Morgan fingerprint density at radius 3 is 1.57 bits per heavy atom. The Morgan fingerprint density at radius 2 is 1.15 bits per heavy atom. The number of hydrogen-bond donors (Lipinski definition) is 3. The van der Waals surface area contributed by atoms with E-state index in [1.165, 1.54) is 0 Å². The van der Waals surface area contributed by atoms with Crippen molar-refractivity contribution >= 4 is 57.2 Å². The number of ether oxygens (including phenoxy) is 2. The van der Waals surface area contributed by atoms with E-state index in [9.17, 15) is 0 Å². The van der Waals surface area contributed by atoms with Crippen LogP contribution in [0.25, 0.3) is 22.1 Å². The molecule has 0 aliphatic heterocycles. The number of nitrogens with two attached hydrogens (primary N) is 2. The van der Waals surface area contributed by atoms with Crippen LogP contribution in [0, 0.1) is 33.6 Å². The number of rotatable bonds is 12. The summed E-state index contributed by atoms with van der Waals surface area (Å²) in [6, 6.07) is 0.413. The summed E-state index contributed by atoms with van der Waals surface area (Å²) in [5, 5.41) is 4.17. The van der Waals surface area contributed by atoms with Crippen LogP contribution in [0.5, 0.6) is 11.5 Å². The molecule has 0 aromatic carbocycles. The smallest absolute Gasteiger partial charge is 0.222 e. The highest BCUT2D eigenvalue weighted by molar-refractivity contribution is 6.34. The molecule has 0 unspecified atom stereocenters. The lowest BCUT2D eigenvalue weighted by Gasteiger charge is -2.11. The van der Waals surface area contributed by atoms with Crippen molar-refractivity contribution < 1.29 is 9.47 Å². The first-order chi connectivity index (χ1) is 25.6. The number of anilines is 2. The number of pyridine rings is 2. The van der Waals surface area contributed by atoms with Gasteiger partial charge in [-0.3, -0.25) is 9.97 Å². The minimum absolute atomic E-state index is 0.169. The highest BCUT2D eigenvalue weighted by atomic mass is 35.5. The zero-order valence-corrected chi connectivity index (χ0v) is 34.3. The fourth-order valence-corrected chi connectivity index (χ4v) is 7.35. The van der Waals surface area contributed by atoms with Crippen molar-refractivity contribution in [2.45, 2.75) is 87.4 Å². The standard InChI is InChI=1S/C20H27ClN6O.C19H24ClN5O/c1-11(2)23-6-7-27-10-14(16-17(27)19(21)26-20(22)25-16)8-15-13(4)18(28-5)12(3)9-24-15;1-10(2)8-25-9-13(15-16(25)18(20)24-19(21)23-15)6-14-12(4)17(26-5)11(3)7-22-14/h9-11,23H,6-8H2,1-5H3,(H2,22,25,26);7,9-10H,6,8H2,1-5H3,(H2,21,23,24). The maximum atomic E-state index is 6.42. The molecular formula is C39H51Cl2N11O2. The van der Waals surface area contributed by atoms with Gasteiger partial charge in [-0.25, -0.2) is 9.97 Å². The zero-order chi connectivity index (χ0) is 39.4. The molecular weight excluding hydrogens is 725 g/mol. The van der Waals surface area contributed by atoms with E-state index in [-0.39, 0.29) is 11.9 Å². The quantitative estimate of drug-likeness (QED) is 0.107. The average molecular weight is 777 g/mol. The SMILES string of the molecule is COc1c(C)cnc(Cc2cn(CC(C)C)c3c(Cl)nc(N)nc23)c1C.COc1c(C)cnc(Cc2cn(CCNC(C)C)c3c(Cl)nc(N)nc23)c1C. The van der Waals surface area contributed by atoms with Gasteiger partial charge < -0.3 is 35.4 Å². The molecule has 6 rings (SSSR count). The van der Waals surface area contributed by atoms with Crippen molar-refractivity contribution in [1.29, 1.82) is 0 Å². The van der Waals surface area contributed by atoms with Crippen molar-refractivity contribution in [3.05, 3.63) is 79.9 Å². The molecule has 0 bridgehead atoms. The van der Waals surface area contributed by atoms with Crippen LogP contribution in [0.3, 0.4) is 0 Å². The zero-order valence-electron chi connectivity index (χ0n) is 32.8. The molecule has 13 nitrogen and oxygen atoms in total. The first-order valence-electron chi connectivity index (χ1n) is 18.0. The predicted octanol–water partition coefficient (Wildman–Crippen LogP) is 7.21. The third-order valence-electron chi connectivity index (χ3n) is 9.21. The molecule has 0 atom stereocenters. The van der Waals surface area contributed by atoms with Gasteiger partial charge in [0.1, 0.15) is 22.5 Å². The first-order valence-corrected chi connectivity index (χ1v) is 18.7. The number of nitrogens with zero attached hydrogens (tertiary/aromatic N) is 8. The summed E-state index contributed by atoms with van der Waals surface area (Å²) in [6.45, 7) is 19.0. The molecule has 6 aromatic heterocycles. The fourth-order valence-electron chi connectivity index (χ4n) is 6.78. The molecule has 0 saturated carbocycles. The summed E-state index contributed by atoms with van der Waals surface area (Å²) < 4.78 is 15.3. The van der Waals surface area contributed by atoms with Crippen LogP contribution in [0.4, 0.5) is 11.9 Å². The van der Waals surface area contributed by atoms with E-state index in [1.54, 1.807) is 14.2 Å². The van der Waals surface area contributed by atoms with E-state index in [0.29, 0.717) is 35.1 Å². The van der Waals surface area contributed by atoms with E-state index in [0.717, 1.165) is 98.0 Å². The number of hydrogen-bond acceptors (Lipinski definition) is 11. The number of aryl methyl sites for hydroxylation is 2. The summed E-state index contributed by atoms with van der Waals surface area (Å²) in [6.07, 6.45) is 9.06. The number of nitrogens with one attached hydrogen (secondary N) is 1. The van der Waals surface area contributed by atoms with Crippen molar-refractivity contribution in [2.24, 2.45) is 5.92 Å². The molecule has 0 spiro atoms. The van der Waals surface area contributed by atoms with Crippen LogP contribution in [0.1, 0.15) is 72.5 Å². The Morgan fingerprint density at radius 1 is 0.704 bits per heavy atom. The van der Waals surface area contributed by atoms with Gasteiger partial charge in [0.25, 0.3) is 0 Å². The summed E-state index contributed by atoms with van der Waals surface area (Å²) >= 11 is 12.8. The lowest BCUT2D eigenvalue weighted by atomic mass is 10.0. The van der Waals surface area contributed by atoms with E-state index in [4.69, 9.17) is 44.1 Å². The second-order valence-electron chi connectivity index (χ2n) is 14.2. The van der Waals surface area contributed by atoms with Crippen LogP contribution in [0.2, 0.25) is 10.3 Å². The van der Waals surface area contributed by atoms with Gasteiger partial charge in [0.05, 0.1) is 36.6 Å². The molecule has 0 amide bonds. The Labute approximate surface area is 326 Å². The Hall–Kier alpha value is -4.72. The Balaban J connectivity index is 0.000000208. The predicted molar refractivity (Wildman–Crippen MR) is 218 cm³/mol. The molecule has 288 valence electrons. The average Bonchev–Trinajstić information content (AvgIpc) is 3.61. The molecule has 0 aliphatic carbocycles. The van der Waals surface area contributed by atoms with Gasteiger partial charge in [0.2, 0.25) is 11.9 Å². The van der Waals surface area contributed by atoms with Gasteiger partial charge in [-0.1, -0.05) is 50.9 Å². The minimum atomic E-state index is 0.169. The molecule has 0 saturated heterocycles. The number of fused-ring (bicyclic) bond motifs is 2. The van der Waals surface area contributed by atoms with Gasteiger partial charge in [0, 0.05) is 96.7 Å². The van der Waals surface area contributed by atoms with Gasteiger partial charge >= 0.3 is 0 Å². The van der Waals surface area contributed by atoms with Crippen molar-refractivity contribution in [3.63, 3.8) is 0 Å². The van der Waals surface area contributed by atoms with Crippen molar-refractivity contribution in [3.8, 4) is 11.5 Å². The fraction of sp³-hybridized carbons (Fsp3) is 0.436. The molecule has 0 fully saturated rings. The number of nitrogen functional groups attached to an aromatic ring is 2. The maximum absolute atomic E-state index is 6.42.